The number of aliphatic hydroxyl groups excluding tert-OH is 1. The molecular formula is C23H24FN4O9P. The predicted molar refractivity (Wildman–Crippen MR) is 131 cm³/mol. The van der Waals surface area contributed by atoms with E-state index in [2.05, 4.69) is 5.09 Å². The number of nitro benzene ring substituents is 1. The van der Waals surface area contributed by atoms with Crippen LogP contribution in [0.1, 0.15) is 23.8 Å². The van der Waals surface area contributed by atoms with Gasteiger partial charge in [0.25, 0.3) is 11.2 Å². The van der Waals surface area contributed by atoms with E-state index in [0.717, 1.165) is 10.1 Å². The lowest BCUT2D eigenvalue weighted by molar-refractivity contribution is -0.384. The van der Waals surface area contributed by atoms with Crippen molar-refractivity contribution in [3.8, 4) is 0 Å². The lowest BCUT2D eigenvalue weighted by Crippen LogP contribution is -2.34. The Labute approximate surface area is 214 Å². The molecular weight excluding hydrogens is 526 g/mol. The molecule has 0 saturated carbocycles. The fourth-order valence-corrected chi connectivity index (χ4v) is 4.96. The van der Waals surface area contributed by atoms with Gasteiger partial charge >= 0.3 is 13.4 Å². The van der Waals surface area contributed by atoms with E-state index >= 15 is 0 Å². The van der Waals surface area contributed by atoms with Crippen LogP contribution in [0.5, 0.6) is 0 Å². The minimum Gasteiger partial charge on any atom is -0.390 e. The van der Waals surface area contributed by atoms with Crippen LogP contribution in [0, 0.1) is 15.9 Å². The Morgan fingerprint density at radius 1 is 1.16 bits per heavy atom. The van der Waals surface area contributed by atoms with Crippen molar-refractivity contribution in [3.05, 3.63) is 109 Å². The Hall–Kier alpha value is -3.52. The van der Waals surface area contributed by atoms with Crippen molar-refractivity contribution in [1.29, 1.82) is 0 Å². The number of nitro groups is 1. The maximum atomic E-state index is 13.7. The second-order valence-corrected chi connectivity index (χ2v) is 10.2. The fourth-order valence-electron chi connectivity index (χ4n) is 3.67. The van der Waals surface area contributed by atoms with E-state index in [-0.39, 0.29) is 25.3 Å². The Balaban J connectivity index is 1.44. The monoisotopic (exact) mass is 550 g/mol. The van der Waals surface area contributed by atoms with Crippen LogP contribution in [-0.2, 0) is 31.5 Å². The smallest absolute Gasteiger partial charge is 0.390 e. The molecule has 0 bridgehead atoms. The van der Waals surface area contributed by atoms with E-state index in [9.17, 15) is 33.8 Å². The second-order valence-electron chi connectivity index (χ2n) is 8.39. The van der Waals surface area contributed by atoms with Crippen molar-refractivity contribution in [1.82, 2.24) is 14.6 Å². The van der Waals surface area contributed by atoms with Gasteiger partial charge in [0, 0.05) is 25.1 Å². The van der Waals surface area contributed by atoms with Crippen LogP contribution < -0.4 is 16.3 Å². The lowest BCUT2D eigenvalue weighted by Gasteiger charge is -2.22. The highest BCUT2D eigenvalue weighted by Crippen LogP contribution is 2.46. The van der Waals surface area contributed by atoms with E-state index in [1.807, 2.05) is 11.1 Å². The van der Waals surface area contributed by atoms with Gasteiger partial charge in [-0.3, -0.25) is 33.5 Å². The maximum Gasteiger partial charge on any atom is 0.406 e. The summed E-state index contributed by atoms with van der Waals surface area (Å²) in [5, 5.41) is 24.0. The quantitative estimate of drug-likeness (QED) is 0.183. The molecule has 3 N–H and O–H groups in total. The molecule has 1 aliphatic rings. The first-order valence-electron chi connectivity index (χ1n) is 11.4. The molecule has 1 aliphatic heterocycles. The van der Waals surface area contributed by atoms with E-state index < -0.39 is 54.8 Å². The average Bonchev–Trinajstić information content (AvgIpc) is 3.28. The van der Waals surface area contributed by atoms with Crippen LogP contribution in [0.2, 0.25) is 0 Å². The lowest BCUT2D eigenvalue weighted by atomic mass is 10.2. The zero-order valence-electron chi connectivity index (χ0n) is 19.8. The molecule has 1 aromatic heterocycles. The molecule has 0 spiro atoms. The van der Waals surface area contributed by atoms with Gasteiger partial charge in [-0.1, -0.05) is 30.3 Å². The predicted octanol–water partition coefficient (Wildman–Crippen LogP) is 2.36. The van der Waals surface area contributed by atoms with Gasteiger partial charge in [0.2, 0.25) is 5.82 Å². The molecule has 1 saturated heterocycles. The summed E-state index contributed by atoms with van der Waals surface area (Å²) in [4.78, 5) is 35.5. The van der Waals surface area contributed by atoms with Crippen LogP contribution in [0.3, 0.4) is 0 Å². The van der Waals surface area contributed by atoms with Crippen molar-refractivity contribution in [2.45, 2.75) is 38.0 Å². The van der Waals surface area contributed by atoms with Crippen molar-refractivity contribution in [2.24, 2.45) is 0 Å². The topological polar surface area (TPSA) is 175 Å². The molecule has 1 unspecified atom stereocenters. The molecule has 0 amide bonds. The summed E-state index contributed by atoms with van der Waals surface area (Å²) >= 11 is 0. The van der Waals surface area contributed by atoms with Gasteiger partial charge in [-0.15, -0.1) is 0 Å². The fraction of sp³-hybridized carbons (Fsp3) is 0.304. The highest BCUT2D eigenvalue weighted by Gasteiger charge is 2.38. The molecule has 13 nitrogen and oxygen atoms in total. The molecule has 2 aromatic carbocycles. The molecule has 202 valence electrons. The second kappa shape index (κ2) is 11.9. The summed E-state index contributed by atoms with van der Waals surface area (Å²) in [7, 11) is -4.03. The highest BCUT2D eigenvalue weighted by atomic mass is 31.2. The number of H-pyrrole nitrogens is 1. The first-order valence-corrected chi connectivity index (χ1v) is 12.9. The van der Waals surface area contributed by atoms with Crippen LogP contribution in [0.25, 0.3) is 0 Å². The molecule has 4 rings (SSSR count). The summed E-state index contributed by atoms with van der Waals surface area (Å²) in [6, 6.07) is 14.5. The van der Waals surface area contributed by atoms with Gasteiger partial charge in [0.15, 0.2) is 0 Å². The normalized spacial score (nSPS) is 20.7. The molecule has 2 heterocycles. The van der Waals surface area contributed by atoms with Gasteiger partial charge in [-0.05, 0) is 23.3 Å². The third-order valence-corrected chi connectivity index (χ3v) is 7.22. The van der Waals surface area contributed by atoms with Crippen molar-refractivity contribution in [3.63, 3.8) is 0 Å². The summed E-state index contributed by atoms with van der Waals surface area (Å²) in [5.74, 6) is -1.20. The molecule has 0 aliphatic carbocycles. The number of nitrogens with one attached hydrogen (secondary N) is 2. The zero-order chi connectivity index (χ0) is 27.3. The highest BCUT2D eigenvalue weighted by molar-refractivity contribution is 7.51. The third-order valence-electron chi connectivity index (χ3n) is 5.72. The summed E-state index contributed by atoms with van der Waals surface area (Å²) in [6.07, 6.45) is -2.77. The summed E-state index contributed by atoms with van der Waals surface area (Å²) in [6.45, 7) is -0.515. The molecule has 1 fully saturated rings. The molecule has 15 heteroatoms. The Morgan fingerprint density at radius 2 is 1.87 bits per heavy atom. The number of aliphatic hydroxyl groups is 1. The van der Waals surface area contributed by atoms with Crippen LogP contribution in [0.4, 0.5) is 10.1 Å². The number of ether oxygens (including phenoxy) is 1. The van der Waals surface area contributed by atoms with E-state index in [0.29, 0.717) is 11.8 Å². The minimum absolute atomic E-state index is 0.112. The van der Waals surface area contributed by atoms with Crippen LogP contribution in [0.15, 0.2) is 70.4 Å². The van der Waals surface area contributed by atoms with Crippen LogP contribution in [-0.4, -0.2) is 38.4 Å². The molecule has 4 atom stereocenters. The SMILES string of the molecule is O=c1[nH]c(=O)n([C@H]2C[C@H](O)[C@@H](COP(=O)(NCc3ccccc3)OCc3ccc([N+](=O)[O-])cc3)O2)cc1F. The van der Waals surface area contributed by atoms with Gasteiger partial charge in [-0.25, -0.2) is 14.4 Å². The number of non-ortho nitro benzene ring substituents is 1. The molecule has 0 radical (unpaired) electrons. The maximum absolute atomic E-state index is 13.7. The van der Waals surface area contributed by atoms with Crippen LogP contribution >= 0.6 is 7.75 Å². The van der Waals surface area contributed by atoms with Crippen molar-refractivity contribution >= 4 is 13.4 Å². The van der Waals surface area contributed by atoms with Gasteiger partial charge in [-0.2, -0.15) is 4.39 Å². The third kappa shape index (κ3) is 6.86. The van der Waals surface area contributed by atoms with Gasteiger partial charge in [0.05, 0.1) is 30.4 Å². The first-order chi connectivity index (χ1) is 18.1. The zero-order valence-corrected chi connectivity index (χ0v) is 20.7. The Bertz CT molecular complexity index is 1430. The number of rotatable bonds is 11. The number of aromatic nitrogens is 2. The number of hydrogen-bond acceptors (Lipinski definition) is 9. The van der Waals surface area contributed by atoms with E-state index in [1.165, 1.54) is 24.3 Å². The largest absolute Gasteiger partial charge is 0.406 e. The Kier molecular flexibility index (Phi) is 8.62. The minimum atomic E-state index is -4.03. The van der Waals surface area contributed by atoms with E-state index in [4.69, 9.17) is 13.8 Å². The number of aromatic amines is 1. The van der Waals surface area contributed by atoms with Crippen molar-refractivity contribution in [2.75, 3.05) is 6.61 Å². The molecule has 38 heavy (non-hydrogen) atoms. The summed E-state index contributed by atoms with van der Waals surface area (Å²) < 4.78 is 44.8. The van der Waals surface area contributed by atoms with Gasteiger partial charge in [0.1, 0.15) is 12.3 Å². The van der Waals surface area contributed by atoms with Gasteiger partial charge < -0.3 is 9.84 Å². The summed E-state index contributed by atoms with van der Waals surface area (Å²) in [5.41, 5.74) is -0.930. The Morgan fingerprint density at radius 3 is 2.55 bits per heavy atom. The van der Waals surface area contributed by atoms with Crippen molar-refractivity contribution < 1.29 is 32.8 Å². The number of hydrogen-bond donors (Lipinski definition) is 3. The first kappa shape index (κ1) is 27.5. The number of nitrogens with zero attached hydrogens (tertiary/aromatic N) is 2. The average molecular weight is 550 g/mol. The number of benzene rings is 2. The standard InChI is InChI=1S/C23H24FN4O9P/c24-18-12-27(23(31)26-22(18)30)21-10-19(29)20(37-21)14-36-38(34,25-11-15-4-2-1-3-5-15)35-13-16-6-8-17(9-7-16)28(32)33/h1-9,12,19-21,29H,10-11,13-14H2,(H,25,34)(H,26,30,31)/t19-,20+,21+,38?/m0/s1. The molecule has 3 aromatic rings. The van der Waals surface area contributed by atoms with E-state index in [1.54, 1.807) is 24.3 Å². The number of halogens is 1.